The fourth-order valence-electron chi connectivity index (χ4n) is 1.32. The van der Waals surface area contributed by atoms with E-state index < -0.39 is 6.10 Å². The molecule has 0 aliphatic heterocycles. The van der Waals surface area contributed by atoms with Crippen LogP contribution in [0.5, 0.6) is 0 Å². The lowest BCUT2D eigenvalue weighted by Gasteiger charge is -2.09. The van der Waals surface area contributed by atoms with E-state index >= 15 is 0 Å². The average molecular weight is 302 g/mol. The quantitative estimate of drug-likeness (QED) is 0.859. The Morgan fingerprint density at radius 3 is 2.72 bits per heavy atom. The van der Waals surface area contributed by atoms with Crippen LogP contribution in [0, 0.1) is 5.82 Å². The van der Waals surface area contributed by atoms with E-state index in [0.29, 0.717) is 11.3 Å². The molecule has 0 amide bonds. The minimum absolute atomic E-state index is 0.319. The number of aliphatic hydroxyl groups is 1. The van der Waals surface area contributed by atoms with Gasteiger partial charge < -0.3 is 5.11 Å². The molecule has 2 aromatic rings. The number of nitrogens with zero attached hydrogens (tertiary/aromatic N) is 2. The lowest BCUT2D eigenvalue weighted by Crippen LogP contribution is -2.03. The molecule has 1 atom stereocenters. The van der Waals surface area contributed by atoms with Crippen molar-refractivity contribution in [2.45, 2.75) is 14.8 Å². The number of rotatable bonds is 5. The van der Waals surface area contributed by atoms with Crippen LogP contribution in [0.3, 0.4) is 0 Å². The molecule has 1 N–H and O–H groups in total. The number of thioether (sulfide) groups is 2. The van der Waals surface area contributed by atoms with Gasteiger partial charge in [-0.2, -0.15) is 0 Å². The Kier molecular flexibility index (Phi) is 4.99. The number of benzene rings is 1. The second kappa shape index (κ2) is 6.51. The highest BCUT2D eigenvalue weighted by Gasteiger charge is 2.14. The molecule has 7 heteroatoms. The fourth-order valence-corrected chi connectivity index (χ4v) is 3.74. The van der Waals surface area contributed by atoms with Crippen LogP contribution in [0.1, 0.15) is 11.7 Å². The van der Waals surface area contributed by atoms with E-state index in [4.69, 9.17) is 0 Å². The van der Waals surface area contributed by atoms with E-state index in [1.165, 1.54) is 40.9 Å². The van der Waals surface area contributed by atoms with E-state index in [1.54, 1.807) is 18.2 Å². The molecule has 0 bridgehead atoms. The van der Waals surface area contributed by atoms with Gasteiger partial charge >= 0.3 is 0 Å². The van der Waals surface area contributed by atoms with E-state index in [1.807, 2.05) is 6.26 Å². The monoisotopic (exact) mass is 302 g/mol. The van der Waals surface area contributed by atoms with E-state index in [9.17, 15) is 9.50 Å². The molecule has 0 radical (unpaired) electrons. The van der Waals surface area contributed by atoms with E-state index in [-0.39, 0.29) is 5.82 Å². The molecule has 0 spiro atoms. The molecule has 96 valence electrons. The SMILES string of the molecule is CSc1nnc(SCC(O)c2ccccc2F)s1. The van der Waals surface area contributed by atoms with E-state index in [0.717, 1.165) is 8.68 Å². The van der Waals surface area contributed by atoms with Crippen molar-refractivity contribution in [1.29, 1.82) is 0 Å². The second-order valence-electron chi connectivity index (χ2n) is 3.39. The van der Waals surface area contributed by atoms with Gasteiger partial charge in [0, 0.05) is 11.3 Å². The third-order valence-electron chi connectivity index (χ3n) is 2.19. The van der Waals surface area contributed by atoms with Gasteiger partial charge in [-0.3, -0.25) is 0 Å². The largest absolute Gasteiger partial charge is 0.387 e. The smallest absolute Gasteiger partial charge is 0.175 e. The molecule has 0 saturated carbocycles. The molecule has 2 rings (SSSR count). The van der Waals surface area contributed by atoms with Gasteiger partial charge in [-0.1, -0.05) is 53.1 Å². The van der Waals surface area contributed by atoms with Crippen LogP contribution >= 0.6 is 34.9 Å². The number of halogens is 1. The molecule has 1 aromatic heterocycles. The zero-order valence-corrected chi connectivity index (χ0v) is 12.0. The van der Waals surface area contributed by atoms with Gasteiger partial charge in [0.2, 0.25) is 0 Å². The van der Waals surface area contributed by atoms with Gasteiger partial charge in [-0.15, -0.1) is 10.2 Å². The fraction of sp³-hybridized carbons (Fsp3) is 0.273. The van der Waals surface area contributed by atoms with Crippen molar-refractivity contribution in [3.63, 3.8) is 0 Å². The highest BCUT2D eigenvalue weighted by atomic mass is 32.2. The van der Waals surface area contributed by atoms with Crippen LogP contribution in [0.25, 0.3) is 0 Å². The van der Waals surface area contributed by atoms with Crippen LogP contribution in [-0.4, -0.2) is 27.3 Å². The van der Waals surface area contributed by atoms with Gasteiger partial charge in [0.1, 0.15) is 5.82 Å². The molecule has 0 saturated heterocycles. The van der Waals surface area contributed by atoms with Crippen molar-refractivity contribution in [3.05, 3.63) is 35.6 Å². The topological polar surface area (TPSA) is 46.0 Å². The first kappa shape index (κ1) is 13.8. The molecule has 1 unspecified atom stereocenters. The Bertz CT molecular complexity index is 520. The number of hydrogen-bond donors (Lipinski definition) is 1. The Balaban J connectivity index is 1.96. The minimum atomic E-state index is -0.835. The summed E-state index contributed by atoms with van der Waals surface area (Å²) in [6.07, 6.45) is 1.10. The standard InChI is InChI=1S/C11H11FN2OS3/c1-16-10-13-14-11(18-10)17-6-9(15)7-4-2-3-5-8(7)12/h2-5,9,15H,6H2,1H3. The summed E-state index contributed by atoms with van der Waals surface area (Å²) in [5.41, 5.74) is 0.319. The summed E-state index contributed by atoms with van der Waals surface area (Å²) < 4.78 is 15.1. The molecule has 1 heterocycles. The van der Waals surface area contributed by atoms with Crippen LogP contribution < -0.4 is 0 Å². The molecule has 0 fully saturated rings. The minimum Gasteiger partial charge on any atom is -0.387 e. The van der Waals surface area contributed by atoms with Gasteiger partial charge in [0.25, 0.3) is 0 Å². The van der Waals surface area contributed by atoms with Crippen molar-refractivity contribution in [2.75, 3.05) is 12.0 Å². The van der Waals surface area contributed by atoms with Gasteiger partial charge in [-0.05, 0) is 12.3 Å². The van der Waals surface area contributed by atoms with Crippen molar-refractivity contribution >= 4 is 34.9 Å². The van der Waals surface area contributed by atoms with Gasteiger partial charge in [0.05, 0.1) is 6.10 Å². The summed E-state index contributed by atoms with van der Waals surface area (Å²) in [6, 6.07) is 6.26. The first-order valence-corrected chi connectivity index (χ1v) is 8.16. The number of aromatic nitrogens is 2. The van der Waals surface area contributed by atoms with Gasteiger partial charge in [-0.25, -0.2) is 4.39 Å². The molecule has 3 nitrogen and oxygen atoms in total. The third kappa shape index (κ3) is 3.44. The zero-order valence-electron chi connectivity index (χ0n) is 9.54. The number of hydrogen-bond acceptors (Lipinski definition) is 6. The van der Waals surface area contributed by atoms with Gasteiger partial charge in [0.15, 0.2) is 8.68 Å². The molecule has 0 aliphatic carbocycles. The lowest BCUT2D eigenvalue weighted by atomic mass is 10.1. The average Bonchev–Trinajstić information content (AvgIpc) is 2.84. The molecular weight excluding hydrogens is 291 g/mol. The highest BCUT2D eigenvalue weighted by Crippen LogP contribution is 2.30. The van der Waals surface area contributed by atoms with Crippen molar-refractivity contribution < 1.29 is 9.50 Å². The summed E-state index contributed by atoms with van der Waals surface area (Å²) in [4.78, 5) is 0. The van der Waals surface area contributed by atoms with Crippen LogP contribution in [-0.2, 0) is 0 Å². The maximum absolute atomic E-state index is 13.4. The Hall–Kier alpha value is -0.630. The van der Waals surface area contributed by atoms with Crippen molar-refractivity contribution in [1.82, 2.24) is 10.2 Å². The normalized spacial score (nSPS) is 12.6. The molecule has 0 aliphatic rings. The van der Waals surface area contributed by atoms with Crippen LogP contribution in [0.4, 0.5) is 4.39 Å². The van der Waals surface area contributed by atoms with Crippen molar-refractivity contribution in [2.24, 2.45) is 0 Å². The Labute approximate surface area is 117 Å². The Morgan fingerprint density at radius 1 is 1.33 bits per heavy atom. The molecular formula is C11H11FN2OS3. The summed E-state index contributed by atoms with van der Waals surface area (Å²) in [5.74, 6) is -0.0168. The predicted molar refractivity (Wildman–Crippen MR) is 73.8 cm³/mol. The maximum atomic E-state index is 13.4. The van der Waals surface area contributed by atoms with Crippen LogP contribution in [0.15, 0.2) is 32.9 Å². The zero-order chi connectivity index (χ0) is 13.0. The maximum Gasteiger partial charge on any atom is 0.175 e. The lowest BCUT2D eigenvalue weighted by molar-refractivity contribution is 0.199. The third-order valence-corrected chi connectivity index (χ3v) is 5.30. The highest BCUT2D eigenvalue weighted by molar-refractivity contribution is 8.02. The first-order chi connectivity index (χ1) is 8.70. The molecule has 1 aromatic carbocycles. The summed E-state index contributed by atoms with van der Waals surface area (Å²) in [6.45, 7) is 0. The van der Waals surface area contributed by atoms with E-state index in [2.05, 4.69) is 10.2 Å². The molecule has 18 heavy (non-hydrogen) atoms. The summed E-state index contributed by atoms with van der Waals surface area (Å²) >= 11 is 4.39. The predicted octanol–water partition coefficient (Wildman–Crippen LogP) is 3.22. The summed E-state index contributed by atoms with van der Waals surface area (Å²) in [7, 11) is 0. The first-order valence-electron chi connectivity index (χ1n) is 5.13. The van der Waals surface area contributed by atoms with Crippen molar-refractivity contribution in [3.8, 4) is 0 Å². The Morgan fingerprint density at radius 2 is 2.06 bits per heavy atom. The van der Waals surface area contributed by atoms with Crippen LogP contribution in [0.2, 0.25) is 0 Å². The summed E-state index contributed by atoms with van der Waals surface area (Å²) in [5, 5.41) is 17.9. The second-order valence-corrected chi connectivity index (χ2v) is 6.68. The number of aliphatic hydroxyl groups excluding tert-OH is 1.